The lowest BCUT2D eigenvalue weighted by molar-refractivity contribution is -0.170. The fourth-order valence-corrected chi connectivity index (χ4v) is 8.27. The lowest BCUT2D eigenvalue weighted by atomic mass is 9.40. The van der Waals surface area contributed by atoms with Crippen LogP contribution in [0, 0.1) is 22.2 Å². The summed E-state index contributed by atoms with van der Waals surface area (Å²) in [5.74, 6) is 0.857. The number of nitrogens with zero attached hydrogens (tertiary/aromatic N) is 2. The number of aryl methyl sites for hydroxylation is 1. The monoisotopic (exact) mass is 457 g/mol. The van der Waals surface area contributed by atoms with Crippen LogP contribution in [0.2, 0.25) is 5.02 Å². The molecule has 1 heterocycles. The van der Waals surface area contributed by atoms with Crippen LogP contribution in [0.3, 0.4) is 0 Å². The molecule has 0 aromatic carbocycles. The van der Waals surface area contributed by atoms with Crippen LogP contribution in [-0.4, -0.2) is 22.2 Å². The zero-order valence-electron chi connectivity index (χ0n) is 18.2. The first-order chi connectivity index (χ1) is 14.4. The third-order valence-electron chi connectivity index (χ3n) is 8.10. The molecule has 8 heteroatoms. The summed E-state index contributed by atoms with van der Waals surface area (Å²) < 4.78 is 41.1. The predicted octanol–water partition coefficient (Wildman–Crippen LogP) is 5.94. The molecule has 1 aromatic rings. The standard InChI is InChI=1S/C23H31ClF3N3O/c1-20-8-14-9-21(2,11-20)13-22(10-14,12-20)19(31)28-6-3-7-30-17(15-4-5-15)16(24)18(29-30)23(25,26)27/h14-15H,3-13H2,1-2H3,(H,28,31)/t14?,20-,21-,22?/m0/s1. The molecule has 2 atom stereocenters. The van der Waals surface area contributed by atoms with E-state index in [1.165, 1.54) is 23.9 Å². The first-order valence-electron chi connectivity index (χ1n) is 11.5. The fraction of sp³-hybridized carbons (Fsp3) is 0.826. The molecule has 4 nitrogen and oxygen atoms in total. The highest BCUT2D eigenvalue weighted by molar-refractivity contribution is 6.32. The van der Waals surface area contributed by atoms with E-state index in [4.69, 9.17) is 11.6 Å². The topological polar surface area (TPSA) is 46.9 Å². The number of carbonyl (C=O) groups is 1. The number of carbonyl (C=O) groups excluding carboxylic acids is 1. The highest BCUT2D eigenvalue weighted by Gasteiger charge is 2.62. The first-order valence-corrected chi connectivity index (χ1v) is 11.9. The second-order valence-corrected chi connectivity index (χ2v) is 11.9. The van der Waals surface area contributed by atoms with E-state index >= 15 is 0 Å². The number of alkyl halides is 3. The quantitative estimate of drug-likeness (QED) is 0.537. The summed E-state index contributed by atoms with van der Waals surface area (Å²) in [5, 5.41) is 6.65. The Labute approximate surface area is 186 Å². The smallest absolute Gasteiger partial charge is 0.356 e. The van der Waals surface area contributed by atoms with Crippen molar-refractivity contribution in [3.8, 4) is 0 Å². The number of aromatic nitrogens is 2. The van der Waals surface area contributed by atoms with Gasteiger partial charge in [0.25, 0.3) is 0 Å². The van der Waals surface area contributed by atoms with Gasteiger partial charge in [0.15, 0.2) is 5.69 Å². The van der Waals surface area contributed by atoms with Gasteiger partial charge in [0.2, 0.25) is 5.91 Å². The predicted molar refractivity (Wildman–Crippen MR) is 112 cm³/mol. The minimum atomic E-state index is -4.55. The molecule has 6 rings (SSSR count). The fourth-order valence-electron chi connectivity index (χ4n) is 7.87. The van der Waals surface area contributed by atoms with Crippen molar-refractivity contribution >= 4 is 17.5 Å². The van der Waals surface area contributed by atoms with Gasteiger partial charge < -0.3 is 5.32 Å². The molecule has 172 valence electrons. The molecule has 4 bridgehead atoms. The van der Waals surface area contributed by atoms with Crippen molar-refractivity contribution < 1.29 is 18.0 Å². The molecule has 0 radical (unpaired) electrons. The van der Waals surface area contributed by atoms with E-state index in [9.17, 15) is 18.0 Å². The van der Waals surface area contributed by atoms with E-state index in [1.807, 2.05) is 0 Å². The zero-order valence-corrected chi connectivity index (χ0v) is 19.0. The molecular formula is C23H31ClF3N3O. The summed E-state index contributed by atoms with van der Waals surface area (Å²) >= 11 is 6.04. The number of hydrogen-bond acceptors (Lipinski definition) is 2. The normalized spacial score (nSPS) is 36.8. The second kappa shape index (κ2) is 6.88. The van der Waals surface area contributed by atoms with Crippen molar-refractivity contribution in [2.24, 2.45) is 22.2 Å². The highest BCUT2D eigenvalue weighted by Crippen LogP contribution is 2.69. The van der Waals surface area contributed by atoms with E-state index in [0.29, 0.717) is 31.1 Å². The maximum absolute atomic E-state index is 13.3. The maximum Gasteiger partial charge on any atom is 0.436 e. The van der Waals surface area contributed by atoms with Crippen LogP contribution < -0.4 is 5.32 Å². The molecule has 1 N–H and O–H groups in total. The average molecular weight is 458 g/mol. The summed E-state index contributed by atoms with van der Waals surface area (Å²) in [6, 6.07) is 0. The van der Waals surface area contributed by atoms with E-state index in [1.54, 1.807) is 0 Å². The van der Waals surface area contributed by atoms with E-state index < -0.39 is 11.9 Å². The van der Waals surface area contributed by atoms with Gasteiger partial charge >= 0.3 is 6.18 Å². The maximum atomic E-state index is 13.3. The molecule has 0 saturated heterocycles. The molecular weight excluding hydrogens is 427 g/mol. The largest absolute Gasteiger partial charge is 0.436 e. The summed E-state index contributed by atoms with van der Waals surface area (Å²) in [7, 11) is 0. The summed E-state index contributed by atoms with van der Waals surface area (Å²) in [5.41, 5.74) is -0.215. The van der Waals surface area contributed by atoms with Gasteiger partial charge in [-0.3, -0.25) is 9.48 Å². The van der Waals surface area contributed by atoms with Crippen molar-refractivity contribution in [1.29, 1.82) is 0 Å². The van der Waals surface area contributed by atoms with Crippen molar-refractivity contribution in [1.82, 2.24) is 15.1 Å². The van der Waals surface area contributed by atoms with Gasteiger partial charge in [-0.1, -0.05) is 25.4 Å². The number of rotatable bonds is 6. The minimum absolute atomic E-state index is 0.0687. The van der Waals surface area contributed by atoms with Crippen LogP contribution in [0.15, 0.2) is 0 Å². The van der Waals surface area contributed by atoms with Crippen LogP contribution in [0.1, 0.15) is 88.9 Å². The van der Waals surface area contributed by atoms with Crippen molar-refractivity contribution in [2.45, 2.75) is 90.3 Å². The summed E-state index contributed by atoms with van der Waals surface area (Å²) in [6.07, 6.45) is 4.30. The van der Waals surface area contributed by atoms with Gasteiger partial charge in [-0.2, -0.15) is 18.3 Å². The van der Waals surface area contributed by atoms with Crippen LogP contribution >= 0.6 is 11.6 Å². The van der Waals surface area contributed by atoms with Gasteiger partial charge in [0.05, 0.1) is 16.1 Å². The Kier molecular flexibility index (Phi) is 4.79. The highest BCUT2D eigenvalue weighted by atomic mass is 35.5. The van der Waals surface area contributed by atoms with Crippen LogP contribution in [0.25, 0.3) is 0 Å². The number of amides is 1. The molecule has 0 spiro atoms. The molecule has 5 fully saturated rings. The van der Waals surface area contributed by atoms with Crippen LogP contribution in [-0.2, 0) is 17.5 Å². The number of nitrogens with one attached hydrogen (secondary N) is 1. The Morgan fingerprint density at radius 2 is 1.81 bits per heavy atom. The van der Waals surface area contributed by atoms with Gasteiger partial charge in [-0.05, 0) is 74.5 Å². The molecule has 1 aromatic heterocycles. The van der Waals surface area contributed by atoms with E-state index in [-0.39, 0.29) is 33.1 Å². The Hall–Kier alpha value is -1.24. The van der Waals surface area contributed by atoms with Crippen molar-refractivity contribution in [2.75, 3.05) is 6.54 Å². The first kappa shape index (κ1) is 21.6. The number of halogens is 4. The van der Waals surface area contributed by atoms with Crippen molar-refractivity contribution in [3.05, 3.63) is 16.4 Å². The molecule has 5 saturated carbocycles. The van der Waals surface area contributed by atoms with E-state index in [2.05, 4.69) is 24.3 Å². The van der Waals surface area contributed by atoms with Crippen LogP contribution in [0.5, 0.6) is 0 Å². The Morgan fingerprint density at radius 1 is 1.16 bits per heavy atom. The Bertz CT molecular complexity index is 889. The molecule has 0 aliphatic heterocycles. The summed E-state index contributed by atoms with van der Waals surface area (Å²) in [6.45, 7) is 5.46. The Morgan fingerprint density at radius 3 is 2.35 bits per heavy atom. The van der Waals surface area contributed by atoms with E-state index in [0.717, 1.165) is 32.1 Å². The minimum Gasteiger partial charge on any atom is -0.356 e. The van der Waals surface area contributed by atoms with Gasteiger partial charge in [-0.15, -0.1) is 0 Å². The molecule has 0 unspecified atom stereocenters. The molecule has 5 aliphatic rings. The molecule has 1 amide bonds. The number of hydrogen-bond donors (Lipinski definition) is 1. The molecule has 31 heavy (non-hydrogen) atoms. The third-order valence-corrected chi connectivity index (χ3v) is 8.48. The third kappa shape index (κ3) is 3.79. The second-order valence-electron chi connectivity index (χ2n) is 11.6. The van der Waals surface area contributed by atoms with Crippen LogP contribution in [0.4, 0.5) is 13.2 Å². The van der Waals surface area contributed by atoms with Gasteiger partial charge in [-0.25, -0.2) is 0 Å². The summed E-state index contributed by atoms with van der Waals surface area (Å²) in [4.78, 5) is 13.3. The Balaban J connectivity index is 1.22. The lowest BCUT2D eigenvalue weighted by Crippen LogP contribution is -2.59. The van der Waals surface area contributed by atoms with Crippen molar-refractivity contribution in [3.63, 3.8) is 0 Å². The van der Waals surface area contributed by atoms with Gasteiger partial charge in [0, 0.05) is 19.0 Å². The van der Waals surface area contributed by atoms with Gasteiger partial charge in [0.1, 0.15) is 0 Å². The zero-order chi connectivity index (χ0) is 22.2. The molecule has 5 aliphatic carbocycles. The average Bonchev–Trinajstić information content (AvgIpc) is 3.37. The SMILES string of the molecule is C[C@@]12CC3CC(C(=O)NCCCn4nc(C(F)(F)F)c(Cl)c4C4CC4)(C1)C[C@@](C)(C3)C2. The lowest BCUT2D eigenvalue weighted by Gasteiger charge is -2.64.